The lowest BCUT2D eigenvalue weighted by atomic mass is 9.91. The smallest absolute Gasteiger partial charge is 0.232 e. The van der Waals surface area contributed by atoms with Gasteiger partial charge in [0.15, 0.2) is 5.78 Å². The van der Waals surface area contributed by atoms with Gasteiger partial charge in [0.1, 0.15) is 5.92 Å². The number of carbonyl (C=O) groups excluding carboxylic acids is 2. The van der Waals surface area contributed by atoms with E-state index in [2.05, 4.69) is 4.98 Å². The number of nitrogens with two attached hydrogens (primary N) is 1. The van der Waals surface area contributed by atoms with Gasteiger partial charge in [-0.15, -0.1) is 0 Å². The average Bonchev–Trinajstić information content (AvgIpc) is 2.40. The van der Waals surface area contributed by atoms with Crippen molar-refractivity contribution in [3.05, 3.63) is 66.0 Å². The minimum atomic E-state index is -0.963. The standard InChI is InChI=1S/C14H12N2O2/c15-14(18)12(10-5-2-1-3-6-10)13(17)11-7-4-8-16-9-11/h1-9,12H,(H2,15,18). The molecule has 1 aromatic carbocycles. The maximum atomic E-state index is 12.2. The molecule has 1 heterocycles. The number of carbonyl (C=O) groups is 2. The minimum absolute atomic E-state index is 0.332. The number of ketones is 1. The summed E-state index contributed by atoms with van der Waals surface area (Å²) in [7, 11) is 0. The zero-order valence-electron chi connectivity index (χ0n) is 9.61. The van der Waals surface area contributed by atoms with Gasteiger partial charge in [-0.25, -0.2) is 0 Å². The van der Waals surface area contributed by atoms with E-state index < -0.39 is 11.8 Å². The van der Waals surface area contributed by atoms with Gasteiger partial charge in [0.25, 0.3) is 0 Å². The summed E-state index contributed by atoms with van der Waals surface area (Å²) in [6, 6.07) is 12.0. The topological polar surface area (TPSA) is 73.1 Å². The van der Waals surface area contributed by atoms with Crippen molar-refractivity contribution in [3.8, 4) is 0 Å². The third-order valence-electron chi connectivity index (χ3n) is 2.63. The van der Waals surface area contributed by atoms with Crippen LogP contribution in [0, 0.1) is 0 Å². The van der Waals surface area contributed by atoms with Crippen LogP contribution >= 0.6 is 0 Å². The van der Waals surface area contributed by atoms with E-state index in [0.717, 1.165) is 0 Å². The number of rotatable bonds is 4. The Bertz CT molecular complexity index is 553. The Balaban J connectivity index is 2.39. The van der Waals surface area contributed by atoms with Gasteiger partial charge in [0.2, 0.25) is 5.91 Å². The van der Waals surface area contributed by atoms with Crippen molar-refractivity contribution in [3.63, 3.8) is 0 Å². The van der Waals surface area contributed by atoms with Crippen molar-refractivity contribution in [1.29, 1.82) is 0 Å². The highest BCUT2D eigenvalue weighted by molar-refractivity contribution is 6.13. The van der Waals surface area contributed by atoms with E-state index in [4.69, 9.17) is 5.73 Å². The van der Waals surface area contributed by atoms with Crippen LogP contribution in [0.2, 0.25) is 0 Å². The molecule has 0 bridgehead atoms. The van der Waals surface area contributed by atoms with E-state index in [1.807, 2.05) is 6.07 Å². The quantitative estimate of drug-likeness (QED) is 0.650. The highest BCUT2D eigenvalue weighted by atomic mass is 16.2. The molecule has 1 aromatic heterocycles. The van der Waals surface area contributed by atoms with Gasteiger partial charge in [-0.1, -0.05) is 30.3 Å². The van der Waals surface area contributed by atoms with Crippen LogP contribution < -0.4 is 5.73 Å². The first-order chi connectivity index (χ1) is 8.70. The average molecular weight is 240 g/mol. The number of amides is 1. The molecular weight excluding hydrogens is 228 g/mol. The largest absolute Gasteiger partial charge is 0.369 e. The molecule has 18 heavy (non-hydrogen) atoms. The molecule has 0 aliphatic carbocycles. The molecule has 90 valence electrons. The van der Waals surface area contributed by atoms with Crippen molar-refractivity contribution >= 4 is 11.7 Å². The Morgan fingerprint density at radius 1 is 1.06 bits per heavy atom. The molecule has 0 fully saturated rings. The van der Waals surface area contributed by atoms with Gasteiger partial charge in [0, 0.05) is 18.0 Å². The van der Waals surface area contributed by atoms with Crippen LogP contribution in [0.4, 0.5) is 0 Å². The number of hydrogen-bond donors (Lipinski definition) is 1. The maximum absolute atomic E-state index is 12.2. The number of benzene rings is 1. The Labute approximate surface area is 104 Å². The molecular formula is C14H12N2O2. The number of hydrogen-bond acceptors (Lipinski definition) is 3. The Hall–Kier alpha value is -2.49. The first kappa shape index (κ1) is 12.0. The number of pyridine rings is 1. The molecule has 0 saturated carbocycles. The molecule has 0 spiro atoms. The highest BCUT2D eigenvalue weighted by Gasteiger charge is 2.27. The monoisotopic (exact) mass is 240 g/mol. The highest BCUT2D eigenvalue weighted by Crippen LogP contribution is 2.20. The molecule has 2 rings (SSSR count). The molecule has 0 radical (unpaired) electrons. The van der Waals surface area contributed by atoms with E-state index in [-0.39, 0.29) is 5.78 Å². The fraction of sp³-hybridized carbons (Fsp3) is 0.0714. The predicted octanol–water partition coefficient (Wildman–Crippen LogP) is 1.53. The molecule has 1 amide bonds. The van der Waals surface area contributed by atoms with Gasteiger partial charge in [0.05, 0.1) is 0 Å². The van der Waals surface area contributed by atoms with Crippen molar-refractivity contribution in [1.82, 2.24) is 4.98 Å². The zero-order chi connectivity index (χ0) is 13.0. The van der Waals surface area contributed by atoms with Gasteiger partial charge >= 0.3 is 0 Å². The Morgan fingerprint density at radius 3 is 2.33 bits per heavy atom. The van der Waals surface area contributed by atoms with E-state index in [0.29, 0.717) is 11.1 Å². The summed E-state index contributed by atoms with van der Waals surface area (Å²) in [6.45, 7) is 0. The second-order valence-electron chi connectivity index (χ2n) is 3.85. The van der Waals surface area contributed by atoms with Crippen LogP contribution in [0.3, 0.4) is 0 Å². The molecule has 1 unspecified atom stereocenters. The number of primary amides is 1. The first-order valence-electron chi connectivity index (χ1n) is 5.48. The van der Waals surface area contributed by atoms with Gasteiger partial charge in [-0.3, -0.25) is 14.6 Å². The summed E-state index contributed by atoms with van der Waals surface area (Å²) in [5, 5.41) is 0. The normalized spacial score (nSPS) is 11.8. The van der Waals surface area contributed by atoms with Gasteiger partial charge < -0.3 is 5.73 Å². The van der Waals surface area contributed by atoms with E-state index in [9.17, 15) is 9.59 Å². The summed E-state index contributed by atoms with van der Waals surface area (Å²) in [5.74, 6) is -1.95. The van der Waals surface area contributed by atoms with Crippen LogP contribution in [-0.2, 0) is 4.79 Å². The molecule has 4 nitrogen and oxygen atoms in total. The van der Waals surface area contributed by atoms with Crippen LogP contribution in [0.15, 0.2) is 54.9 Å². The summed E-state index contributed by atoms with van der Waals surface area (Å²) >= 11 is 0. The lowest BCUT2D eigenvalue weighted by molar-refractivity contribution is -0.118. The minimum Gasteiger partial charge on any atom is -0.369 e. The third-order valence-corrected chi connectivity index (χ3v) is 2.63. The fourth-order valence-corrected chi connectivity index (χ4v) is 1.77. The zero-order valence-corrected chi connectivity index (χ0v) is 9.61. The van der Waals surface area contributed by atoms with E-state index in [1.165, 1.54) is 6.20 Å². The lowest BCUT2D eigenvalue weighted by Crippen LogP contribution is -2.28. The molecule has 2 N–H and O–H groups in total. The summed E-state index contributed by atoms with van der Waals surface area (Å²) < 4.78 is 0. The first-order valence-corrected chi connectivity index (χ1v) is 5.48. The van der Waals surface area contributed by atoms with E-state index >= 15 is 0 Å². The second-order valence-corrected chi connectivity index (χ2v) is 3.85. The molecule has 4 heteroatoms. The molecule has 0 saturated heterocycles. The molecule has 0 aliphatic rings. The van der Waals surface area contributed by atoms with E-state index in [1.54, 1.807) is 42.6 Å². The molecule has 2 aromatic rings. The van der Waals surface area contributed by atoms with Crippen LogP contribution in [0.5, 0.6) is 0 Å². The molecule has 0 aliphatic heterocycles. The molecule has 1 atom stereocenters. The van der Waals surface area contributed by atoms with Crippen LogP contribution in [-0.4, -0.2) is 16.7 Å². The van der Waals surface area contributed by atoms with Crippen molar-refractivity contribution in [2.24, 2.45) is 5.73 Å². The van der Waals surface area contributed by atoms with Crippen molar-refractivity contribution in [2.75, 3.05) is 0 Å². The Kier molecular flexibility index (Phi) is 3.48. The number of Topliss-reactive ketones (excluding diaryl/α,β-unsaturated/α-hetero) is 1. The lowest BCUT2D eigenvalue weighted by Gasteiger charge is -2.12. The van der Waals surface area contributed by atoms with Crippen molar-refractivity contribution < 1.29 is 9.59 Å². The van der Waals surface area contributed by atoms with Crippen LogP contribution in [0.1, 0.15) is 21.8 Å². The third kappa shape index (κ3) is 2.43. The number of nitrogens with zero attached hydrogens (tertiary/aromatic N) is 1. The maximum Gasteiger partial charge on any atom is 0.232 e. The van der Waals surface area contributed by atoms with Crippen LogP contribution in [0.25, 0.3) is 0 Å². The SMILES string of the molecule is NC(=O)C(C(=O)c1cccnc1)c1ccccc1. The number of aromatic nitrogens is 1. The van der Waals surface area contributed by atoms with Gasteiger partial charge in [-0.05, 0) is 17.7 Å². The Morgan fingerprint density at radius 2 is 1.78 bits per heavy atom. The van der Waals surface area contributed by atoms with Crippen molar-refractivity contribution in [2.45, 2.75) is 5.92 Å². The summed E-state index contributed by atoms with van der Waals surface area (Å²) in [5.41, 5.74) is 6.30. The summed E-state index contributed by atoms with van der Waals surface area (Å²) in [4.78, 5) is 27.6. The van der Waals surface area contributed by atoms with Gasteiger partial charge in [-0.2, -0.15) is 0 Å². The summed E-state index contributed by atoms with van der Waals surface area (Å²) in [6.07, 6.45) is 3.00. The fourth-order valence-electron chi connectivity index (χ4n) is 1.77. The second kappa shape index (κ2) is 5.23. The predicted molar refractivity (Wildman–Crippen MR) is 66.9 cm³/mol.